The van der Waals surface area contributed by atoms with E-state index in [0.29, 0.717) is 19.1 Å². The maximum absolute atomic E-state index is 12.6. The predicted molar refractivity (Wildman–Crippen MR) is 95.2 cm³/mol. The number of aryl methyl sites for hydroxylation is 1. The average Bonchev–Trinajstić information content (AvgIpc) is 2.88. The lowest BCUT2D eigenvalue weighted by Crippen LogP contribution is -2.27. The van der Waals surface area contributed by atoms with Gasteiger partial charge in [-0.05, 0) is 43.9 Å². The number of fused-ring (bicyclic) bond motifs is 1. The number of aromatic nitrogens is 1. The fourth-order valence-electron chi connectivity index (χ4n) is 2.76. The second kappa shape index (κ2) is 8.04. The molecule has 2 aromatic rings. The summed E-state index contributed by atoms with van der Waals surface area (Å²) in [6.07, 6.45) is 1.97. The summed E-state index contributed by atoms with van der Waals surface area (Å²) < 4.78 is 7.81. The zero-order valence-electron chi connectivity index (χ0n) is 14.7. The maximum atomic E-state index is 12.6. The van der Waals surface area contributed by atoms with Crippen LogP contribution in [0.1, 0.15) is 51.0 Å². The van der Waals surface area contributed by atoms with Gasteiger partial charge in [-0.1, -0.05) is 26.8 Å². The molecule has 0 bridgehead atoms. The summed E-state index contributed by atoms with van der Waals surface area (Å²) in [5.74, 6) is 1.43. The van der Waals surface area contributed by atoms with E-state index in [2.05, 4.69) is 36.7 Å². The smallest absolute Gasteiger partial charge is 0.267 e. The van der Waals surface area contributed by atoms with E-state index in [0.717, 1.165) is 41.7 Å². The molecule has 1 amide bonds. The monoisotopic (exact) mass is 316 g/mol. The molecule has 126 valence electrons. The van der Waals surface area contributed by atoms with Crippen molar-refractivity contribution in [1.29, 1.82) is 0 Å². The van der Waals surface area contributed by atoms with E-state index in [-0.39, 0.29) is 5.91 Å². The second-order valence-electron chi connectivity index (χ2n) is 6.24. The van der Waals surface area contributed by atoms with Crippen LogP contribution < -0.4 is 10.1 Å². The Bertz CT molecular complexity index is 659. The first-order valence-corrected chi connectivity index (χ1v) is 8.61. The maximum Gasteiger partial charge on any atom is 0.267 e. The predicted octanol–water partition coefficient (Wildman–Crippen LogP) is 4.23. The molecule has 0 aliphatic rings. The van der Waals surface area contributed by atoms with Gasteiger partial charge in [0.2, 0.25) is 0 Å². The molecule has 0 radical (unpaired) electrons. The Balaban J connectivity index is 2.35. The second-order valence-corrected chi connectivity index (χ2v) is 6.24. The first-order valence-electron chi connectivity index (χ1n) is 8.61. The van der Waals surface area contributed by atoms with E-state index >= 15 is 0 Å². The fourth-order valence-corrected chi connectivity index (χ4v) is 2.76. The van der Waals surface area contributed by atoms with Gasteiger partial charge in [-0.15, -0.1) is 0 Å². The standard InChI is InChI=1S/C19H28N2O2/c1-5-12-21-16-8-7-9-18(23-6-2)15(16)13-17(21)19(22)20-11-10-14(3)4/h7-9,13-14H,5-6,10-12H2,1-4H3,(H,20,22). The number of ether oxygens (including phenoxy) is 1. The number of rotatable bonds is 8. The minimum absolute atomic E-state index is 0.00208. The summed E-state index contributed by atoms with van der Waals surface area (Å²) in [7, 11) is 0. The number of amides is 1. The van der Waals surface area contributed by atoms with Gasteiger partial charge in [0.1, 0.15) is 11.4 Å². The van der Waals surface area contributed by atoms with E-state index in [9.17, 15) is 4.79 Å². The first kappa shape index (κ1) is 17.4. The SMILES string of the molecule is CCCn1c(C(=O)NCCC(C)C)cc2c(OCC)cccc21. The molecule has 0 aliphatic carbocycles. The van der Waals surface area contributed by atoms with Crippen LogP contribution in [-0.2, 0) is 6.54 Å². The molecule has 1 aromatic carbocycles. The van der Waals surface area contributed by atoms with Crippen molar-refractivity contribution in [2.75, 3.05) is 13.2 Å². The molecule has 23 heavy (non-hydrogen) atoms. The lowest BCUT2D eigenvalue weighted by atomic mass is 10.1. The van der Waals surface area contributed by atoms with Crippen molar-refractivity contribution in [3.8, 4) is 5.75 Å². The van der Waals surface area contributed by atoms with Crippen LogP contribution in [0.25, 0.3) is 10.9 Å². The third kappa shape index (κ3) is 4.06. The van der Waals surface area contributed by atoms with Gasteiger partial charge >= 0.3 is 0 Å². The van der Waals surface area contributed by atoms with Crippen molar-refractivity contribution >= 4 is 16.8 Å². The highest BCUT2D eigenvalue weighted by Gasteiger charge is 2.17. The Kier molecular flexibility index (Phi) is 6.08. The topological polar surface area (TPSA) is 43.3 Å². The van der Waals surface area contributed by atoms with Crippen LogP contribution in [-0.4, -0.2) is 23.6 Å². The molecule has 0 atom stereocenters. The van der Waals surface area contributed by atoms with E-state index in [1.54, 1.807) is 0 Å². The van der Waals surface area contributed by atoms with Crippen LogP contribution >= 0.6 is 0 Å². The van der Waals surface area contributed by atoms with Gasteiger partial charge < -0.3 is 14.6 Å². The molecule has 0 fully saturated rings. The molecule has 2 rings (SSSR count). The quantitative estimate of drug-likeness (QED) is 0.792. The largest absolute Gasteiger partial charge is 0.493 e. The molecule has 1 aromatic heterocycles. The van der Waals surface area contributed by atoms with Crippen LogP contribution in [0.3, 0.4) is 0 Å². The van der Waals surface area contributed by atoms with E-state index in [4.69, 9.17) is 4.74 Å². The number of hydrogen-bond acceptors (Lipinski definition) is 2. The molecule has 0 spiro atoms. The normalized spacial score (nSPS) is 11.2. The minimum Gasteiger partial charge on any atom is -0.493 e. The lowest BCUT2D eigenvalue weighted by Gasteiger charge is -2.11. The lowest BCUT2D eigenvalue weighted by molar-refractivity contribution is 0.0943. The number of hydrogen-bond donors (Lipinski definition) is 1. The van der Waals surface area contributed by atoms with Crippen LogP contribution in [0.15, 0.2) is 24.3 Å². The van der Waals surface area contributed by atoms with E-state index in [1.807, 2.05) is 25.1 Å². The molecular formula is C19H28N2O2. The summed E-state index contributed by atoms with van der Waals surface area (Å²) in [4.78, 5) is 12.6. The summed E-state index contributed by atoms with van der Waals surface area (Å²) >= 11 is 0. The molecular weight excluding hydrogens is 288 g/mol. The van der Waals surface area contributed by atoms with Crippen LogP contribution in [0.4, 0.5) is 0 Å². The molecule has 1 N–H and O–H groups in total. The van der Waals surface area contributed by atoms with Gasteiger partial charge in [0, 0.05) is 18.5 Å². The highest BCUT2D eigenvalue weighted by molar-refractivity contribution is 6.00. The Hall–Kier alpha value is -1.97. The number of carbonyl (C=O) groups excluding carboxylic acids is 1. The number of benzene rings is 1. The van der Waals surface area contributed by atoms with Gasteiger partial charge in [-0.25, -0.2) is 0 Å². The van der Waals surface area contributed by atoms with Crippen molar-refractivity contribution in [1.82, 2.24) is 9.88 Å². The van der Waals surface area contributed by atoms with Crippen molar-refractivity contribution < 1.29 is 9.53 Å². The number of carbonyl (C=O) groups is 1. The summed E-state index contributed by atoms with van der Waals surface area (Å²) in [5.41, 5.74) is 1.78. The van der Waals surface area contributed by atoms with Crippen LogP contribution in [0.2, 0.25) is 0 Å². The third-order valence-corrected chi connectivity index (χ3v) is 3.89. The molecule has 0 unspecified atom stereocenters. The highest BCUT2D eigenvalue weighted by Crippen LogP contribution is 2.29. The van der Waals surface area contributed by atoms with Crippen molar-refractivity contribution in [2.24, 2.45) is 5.92 Å². The zero-order valence-corrected chi connectivity index (χ0v) is 14.7. The Labute approximate surface area is 138 Å². The molecule has 4 heteroatoms. The molecule has 1 heterocycles. The van der Waals surface area contributed by atoms with Crippen LogP contribution in [0, 0.1) is 5.92 Å². The van der Waals surface area contributed by atoms with Gasteiger partial charge in [-0.3, -0.25) is 4.79 Å². The van der Waals surface area contributed by atoms with Crippen LogP contribution in [0.5, 0.6) is 5.75 Å². The highest BCUT2D eigenvalue weighted by atomic mass is 16.5. The number of nitrogens with zero attached hydrogens (tertiary/aromatic N) is 1. The van der Waals surface area contributed by atoms with Gasteiger partial charge in [-0.2, -0.15) is 0 Å². The van der Waals surface area contributed by atoms with Crippen molar-refractivity contribution in [2.45, 2.75) is 47.1 Å². The van der Waals surface area contributed by atoms with E-state index < -0.39 is 0 Å². The molecule has 0 saturated carbocycles. The molecule has 0 aliphatic heterocycles. The number of nitrogens with one attached hydrogen (secondary N) is 1. The van der Waals surface area contributed by atoms with Gasteiger partial charge in [0.05, 0.1) is 12.1 Å². The van der Waals surface area contributed by atoms with Crippen molar-refractivity contribution in [3.63, 3.8) is 0 Å². The first-order chi connectivity index (χ1) is 11.1. The average molecular weight is 316 g/mol. The van der Waals surface area contributed by atoms with E-state index in [1.165, 1.54) is 0 Å². The summed E-state index contributed by atoms with van der Waals surface area (Å²) in [5, 5.41) is 4.05. The van der Waals surface area contributed by atoms with Gasteiger partial charge in [0.25, 0.3) is 5.91 Å². The zero-order chi connectivity index (χ0) is 16.8. The summed E-state index contributed by atoms with van der Waals surface area (Å²) in [6, 6.07) is 7.96. The Morgan fingerprint density at radius 1 is 1.30 bits per heavy atom. The Morgan fingerprint density at radius 2 is 2.09 bits per heavy atom. The van der Waals surface area contributed by atoms with Gasteiger partial charge in [0.15, 0.2) is 0 Å². The Morgan fingerprint density at radius 3 is 2.74 bits per heavy atom. The fraction of sp³-hybridized carbons (Fsp3) is 0.526. The molecule has 4 nitrogen and oxygen atoms in total. The molecule has 0 saturated heterocycles. The third-order valence-electron chi connectivity index (χ3n) is 3.89. The summed E-state index contributed by atoms with van der Waals surface area (Å²) in [6.45, 7) is 10.6. The minimum atomic E-state index is -0.00208. The van der Waals surface area contributed by atoms with Crippen molar-refractivity contribution in [3.05, 3.63) is 30.0 Å².